The van der Waals surface area contributed by atoms with Gasteiger partial charge in [-0.1, -0.05) is 35.9 Å². The molecule has 0 aliphatic carbocycles. The standard InChI is InChI=1S/C20H19ClN4O/c21-16-5-1-14(2-6-16)18-13-23-20(22)19(24-18)15-3-7-17(8-4-15)25-9-11-26-12-10-25/h1-8,13H,9-12H2,(H2,22,23). The Morgan fingerprint density at radius 2 is 1.58 bits per heavy atom. The van der Waals surface area contributed by atoms with Crippen LogP contribution in [0.2, 0.25) is 5.02 Å². The molecule has 1 fully saturated rings. The fourth-order valence-corrected chi connectivity index (χ4v) is 3.15. The van der Waals surface area contributed by atoms with Crippen molar-refractivity contribution in [3.05, 3.63) is 59.8 Å². The molecule has 0 bridgehead atoms. The first kappa shape index (κ1) is 16.8. The lowest BCUT2D eigenvalue weighted by atomic mass is 10.1. The lowest BCUT2D eigenvalue weighted by molar-refractivity contribution is 0.122. The van der Waals surface area contributed by atoms with Gasteiger partial charge in [-0.15, -0.1) is 0 Å². The van der Waals surface area contributed by atoms with Crippen molar-refractivity contribution in [3.63, 3.8) is 0 Å². The summed E-state index contributed by atoms with van der Waals surface area (Å²) >= 11 is 5.96. The molecule has 2 heterocycles. The molecule has 132 valence electrons. The van der Waals surface area contributed by atoms with Gasteiger partial charge in [0, 0.05) is 34.9 Å². The minimum absolute atomic E-state index is 0.418. The van der Waals surface area contributed by atoms with Gasteiger partial charge in [-0.2, -0.15) is 0 Å². The van der Waals surface area contributed by atoms with Crippen molar-refractivity contribution in [1.82, 2.24) is 9.97 Å². The Kier molecular flexibility index (Phi) is 4.73. The van der Waals surface area contributed by atoms with Gasteiger partial charge in [0.25, 0.3) is 0 Å². The van der Waals surface area contributed by atoms with Gasteiger partial charge in [-0.05, 0) is 24.3 Å². The summed E-state index contributed by atoms with van der Waals surface area (Å²) in [6, 6.07) is 15.8. The van der Waals surface area contributed by atoms with E-state index in [1.54, 1.807) is 6.20 Å². The van der Waals surface area contributed by atoms with Crippen molar-refractivity contribution < 1.29 is 4.74 Å². The molecule has 0 spiro atoms. The zero-order chi connectivity index (χ0) is 17.9. The molecule has 3 aromatic rings. The van der Waals surface area contributed by atoms with E-state index in [-0.39, 0.29) is 0 Å². The van der Waals surface area contributed by atoms with Crippen LogP contribution >= 0.6 is 11.6 Å². The predicted molar refractivity (Wildman–Crippen MR) is 105 cm³/mol. The summed E-state index contributed by atoms with van der Waals surface area (Å²) in [7, 11) is 0. The van der Waals surface area contributed by atoms with Gasteiger partial charge in [0.1, 0.15) is 11.5 Å². The van der Waals surface area contributed by atoms with Crippen LogP contribution in [0.25, 0.3) is 22.5 Å². The molecule has 1 aromatic heterocycles. The molecule has 0 atom stereocenters. The van der Waals surface area contributed by atoms with Crippen molar-refractivity contribution >= 4 is 23.1 Å². The fraction of sp³-hybridized carbons (Fsp3) is 0.200. The summed E-state index contributed by atoms with van der Waals surface area (Å²) in [5.74, 6) is 0.418. The van der Waals surface area contributed by atoms with E-state index in [1.165, 1.54) is 5.69 Å². The van der Waals surface area contributed by atoms with Gasteiger partial charge in [0.2, 0.25) is 0 Å². The number of halogens is 1. The number of hydrogen-bond acceptors (Lipinski definition) is 5. The first-order valence-electron chi connectivity index (χ1n) is 8.52. The maximum Gasteiger partial charge on any atom is 0.150 e. The molecule has 2 N–H and O–H groups in total. The average molecular weight is 367 g/mol. The number of nitrogens with zero attached hydrogens (tertiary/aromatic N) is 3. The topological polar surface area (TPSA) is 64.3 Å². The molecular weight excluding hydrogens is 348 g/mol. The fourth-order valence-electron chi connectivity index (χ4n) is 3.02. The maximum atomic E-state index is 6.08. The largest absolute Gasteiger partial charge is 0.382 e. The number of morpholine rings is 1. The molecule has 0 radical (unpaired) electrons. The van der Waals surface area contributed by atoms with Gasteiger partial charge >= 0.3 is 0 Å². The quantitative estimate of drug-likeness (QED) is 0.762. The second kappa shape index (κ2) is 7.32. The lowest BCUT2D eigenvalue weighted by Crippen LogP contribution is -2.36. The molecule has 1 aliphatic rings. The Balaban J connectivity index is 1.64. The predicted octanol–water partition coefficient (Wildman–Crippen LogP) is 3.88. The van der Waals surface area contributed by atoms with Crippen LogP contribution in [0, 0.1) is 0 Å². The van der Waals surface area contributed by atoms with E-state index in [0.717, 1.165) is 43.1 Å². The van der Waals surface area contributed by atoms with Crippen LogP contribution in [-0.4, -0.2) is 36.3 Å². The van der Waals surface area contributed by atoms with Gasteiger partial charge in [0.05, 0.1) is 25.1 Å². The van der Waals surface area contributed by atoms with E-state index in [2.05, 4.69) is 22.0 Å². The average Bonchev–Trinajstić information content (AvgIpc) is 2.70. The third kappa shape index (κ3) is 3.49. The van der Waals surface area contributed by atoms with Gasteiger partial charge in [-0.25, -0.2) is 9.97 Å². The van der Waals surface area contributed by atoms with Crippen LogP contribution in [0.5, 0.6) is 0 Å². The smallest absolute Gasteiger partial charge is 0.150 e. The van der Waals surface area contributed by atoms with E-state index >= 15 is 0 Å². The van der Waals surface area contributed by atoms with Crippen LogP contribution < -0.4 is 10.6 Å². The molecule has 0 unspecified atom stereocenters. The van der Waals surface area contributed by atoms with E-state index in [9.17, 15) is 0 Å². The first-order chi connectivity index (χ1) is 12.7. The molecule has 1 saturated heterocycles. The number of benzene rings is 2. The number of nitrogen functional groups attached to an aromatic ring is 1. The zero-order valence-electron chi connectivity index (χ0n) is 14.2. The van der Waals surface area contributed by atoms with Crippen LogP contribution in [0.4, 0.5) is 11.5 Å². The highest BCUT2D eigenvalue weighted by Gasteiger charge is 2.13. The summed E-state index contributed by atoms with van der Waals surface area (Å²) in [4.78, 5) is 11.4. The molecule has 4 rings (SSSR count). The van der Waals surface area contributed by atoms with Crippen molar-refractivity contribution in [3.8, 4) is 22.5 Å². The van der Waals surface area contributed by atoms with Gasteiger partial charge in [0.15, 0.2) is 0 Å². The van der Waals surface area contributed by atoms with Crippen LogP contribution in [0.3, 0.4) is 0 Å². The zero-order valence-corrected chi connectivity index (χ0v) is 15.0. The maximum absolute atomic E-state index is 6.08. The molecule has 1 aliphatic heterocycles. The Hall–Kier alpha value is -2.63. The van der Waals surface area contributed by atoms with Crippen molar-refractivity contribution in [2.45, 2.75) is 0 Å². The third-order valence-corrected chi connectivity index (χ3v) is 4.71. The minimum atomic E-state index is 0.418. The SMILES string of the molecule is Nc1ncc(-c2ccc(Cl)cc2)nc1-c1ccc(N2CCOCC2)cc1. The van der Waals surface area contributed by atoms with Gasteiger partial charge < -0.3 is 15.4 Å². The number of anilines is 2. The Labute approximate surface area is 157 Å². The van der Waals surface area contributed by atoms with Crippen LogP contribution in [0.15, 0.2) is 54.7 Å². The number of nitrogens with two attached hydrogens (primary N) is 1. The number of ether oxygens (including phenoxy) is 1. The monoisotopic (exact) mass is 366 g/mol. The summed E-state index contributed by atoms with van der Waals surface area (Å²) in [5, 5.41) is 0.691. The van der Waals surface area contributed by atoms with Gasteiger partial charge in [-0.3, -0.25) is 0 Å². The number of aromatic nitrogens is 2. The summed E-state index contributed by atoms with van der Waals surface area (Å²) in [6.45, 7) is 3.35. The van der Waals surface area contributed by atoms with Crippen LogP contribution in [0.1, 0.15) is 0 Å². The summed E-state index contributed by atoms with van der Waals surface area (Å²) in [6.07, 6.45) is 1.68. The van der Waals surface area contributed by atoms with E-state index in [4.69, 9.17) is 27.1 Å². The highest BCUT2D eigenvalue weighted by Crippen LogP contribution is 2.28. The van der Waals surface area contributed by atoms with E-state index < -0.39 is 0 Å². The summed E-state index contributed by atoms with van der Waals surface area (Å²) in [5.41, 5.74) is 10.6. The molecule has 2 aromatic carbocycles. The molecule has 26 heavy (non-hydrogen) atoms. The van der Waals surface area contributed by atoms with Crippen molar-refractivity contribution in [1.29, 1.82) is 0 Å². The lowest BCUT2D eigenvalue weighted by Gasteiger charge is -2.28. The molecule has 0 amide bonds. The molecule has 6 heteroatoms. The third-order valence-electron chi connectivity index (χ3n) is 4.46. The second-order valence-corrected chi connectivity index (χ2v) is 6.58. The Morgan fingerprint density at radius 1 is 0.923 bits per heavy atom. The second-order valence-electron chi connectivity index (χ2n) is 6.14. The Morgan fingerprint density at radius 3 is 2.27 bits per heavy atom. The highest BCUT2D eigenvalue weighted by molar-refractivity contribution is 6.30. The van der Waals surface area contributed by atoms with Crippen molar-refractivity contribution in [2.75, 3.05) is 36.9 Å². The molecular formula is C20H19ClN4O. The first-order valence-corrected chi connectivity index (χ1v) is 8.90. The van der Waals surface area contributed by atoms with Crippen LogP contribution in [-0.2, 0) is 4.74 Å². The minimum Gasteiger partial charge on any atom is -0.382 e. The molecule has 5 nitrogen and oxygen atoms in total. The highest BCUT2D eigenvalue weighted by atomic mass is 35.5. The number of hydrogen-bond donors (Lipinski definition) is 1. The number of rotatable bonds is 3. The normalized spacial score (nSPS) is 14.4. The Bertz CT molecular complexity index is 891. The van der Waals surface area contributed by atoms with E-state index in [0.29, 0.717) is 16.5 Å². The van der Waals surface area contributed by atoms with E-state index in [1.807, 2.05) is 36.4 Å². The molecule has 0 saturated carbocycles. The summed E-state index contributed by atoms with van der Waals surface area (Å²) < 4.78 is 5.41. The van der Waals surface area contributed by atoms with Crippen molar-refractivity contribution in [2.24, 2.45) is 0 Å².